The Labute approximate surface area is 172 Å². The summed E-state index contributed by atoms with van der Waals surface area (Å²) in [4.78, 5) is 12.1. The molecule has 2 rings (SSSR count). The van der Waals surface area contributed by atoms with Crippen LogP contribution in [0.15, 0.2) is 60.7 Å². The molecule has 0 aliphatic rings. The smallest absolute Gasteiger partial charge is 0.132 e. The van der Waals surface area contributed by atoms with Crippen molar-refractivity contribution in [3.8, 4) is 0 Å². The normalized spacial score (nSPS) is 13.2. The van der Waals surface area contributed by atoms with Crippen LogP contribution < -0.4 is 0 Å². The predicted octanol–water partition coefficient (Wildman–Crippen LogP) is 8.06. The number of benzene rings is 2. The van der Waals surface area contributed by atoms with E-state index in [4.69, 9.17) is 0 Å². The molecule has 0 saturated heterocycles. The quantitative estimate of drug-likeness (QED) is 0.304. The summed E-state index contributed by atoms with van der Waals surface area (Å²) < 4.78 is 0. The van der Waals surface area contributed by atoms with Crippen molar-refractivity contribution in [2.45, 2.75) is 89.9 Å². The fourth-order valence-electron chi connectivity index (χ4n) is 3.92. The summed E-state index contributed by atoms with van der Waals surface area (Å²) in [6.45, 7) is 4.61. The molecule has 1 nitrogen and oxygen atoms in total. The van der Waals surface area contributed by atoms with Crippen LogP contribution in [-0.2, 0) is 4.79 Å². The van der Waals surface area contributed by atoms with E-state index in [9.17, 15) is 4.79 Å². The fourth-order valence-corrected chi connectivity index (χ4v) is 3.92. The third kappa shape index (κ3) is 8.87. The molecule has 0 N–H and O–H groups in total. The third-order valence-electron chi connectivity index (χ3n) is 5.92. The van der Waals surface area contributed by atoms with Crippen molar-refractivity contribution >= 4 is 5.78 Å². The van der Waals surface area contributed by atoms with Crippen molar-refractivity contribution in [2.24, 2.45) is 0 Å². The second kappa shape index (κ2) is 13.3. The molecule has 0 saturated carbocycles. The molecule has 2 aromatic carbocycles. The van der Waals surface area contributed by atoms with Gasteiger partial charge in [-0.1, -0.05) is 100 Å². The molecule has 0 bridgehead atoms. The van der Waals surface area contributed by atoms with Gasteiger partial charge in [-0.25, -0.2) is 0 Å². The lowest BCUT2D eigenvalue weighted by Crippen LogP contribution is -1.99. The summed E-state index contributed by atoms with van der Waals surface area (Å²) in [5.74, 6) is 1.71. The number of Topliss-reactive ketones (excluding diaryl/α,β-unsaturated/α-hetero) is 1. The SMILES string of the molecule is CC(CCCCCC(=O)CCCCCC(C)c1ccccc1)c1ccccc1. The third-order valence-corrected chi connectivity index (χ3v) is 5.92. The molecule has 0 aliphatic heterocycles. The maximum atomic E-state index is 12.1. The molecule has 1 heteroatoms. The first-order valence-electron chi connectivity index (χ1n) is 11.3. The first-order chi connectivity index (χ1) is 13.7. The summed E-state index contributed by atoms with van der Waals surface area (Å²) in [7, 11) is 0. The van der Waals surface area contributed by atoms with E-state index in [0.29, 0.717) is 17.6 Å². The van der Waals surface area contributed by atoms with Crippen LogP contribution in [0.4, 0.5) is 0 Å². The topological polar surface area (TPSA) is 17.1 Å². The van der Waals surface area contributed by atoms with E-state index >= 15 is 0 Å². The van der Waals surface area contributed by atoms with E-state index in [1.165, 1.54) is 49.7 Å². The lowest BCUT2D eigenvalue weighted by molar-refractivity contribution is -0.119. The highest BCUT2D eigenvalue weighted by Crippen LogP contribution is 2.23. The van der Waals surface area contributed by atoms with Gasteiger partial charge < -0.3 is 0 Å². The molecule has 0 amide bonds. The molecule has 0 aliphatic carbocycles. The highest BCUT2D eigenvalue weighted by atomic mass is 16.1. The van der Waals surface area contributed by atoms with Crippen molar-refractivity contribution in [3.05, 3.63) is 71.8 Å². The second-order valence-electron chi connectivity index (χ2n) is 8.36. The van der Waals surface area contributed by atoms with Gasteiger partial charge in [-0.2, -0.15) is 0 Å². The highest BCUT2D eigenvalue weighted by molar-refractivity contribution is 5.78. The zero-order valence-corrected chi connectivity index (χ0v) is 17.9. The van der Waals surface area contributed by atoms with Gasteiger partial charge in [-0.3, -0.25) is 4.79 Å². The van der Waals surface area contributed by atoms with Crippen LogP contribution in [0, 0.1) is 0 Å². The van der Waals surface area contributed by atoms with Crippen molar-refractivity contribution in [3.63, 3.8) is 0 Å². The molecule has 0 aromatic heterocycles. The number of carbonyl (C=O) groups excluding carboxylic acids is 1. The fraction of sp³-hybridized carbons (Fsp3) is 0.519. The minimum Gasteiger partial charge on any atom is -0.300 e. The Hall–Kier alpha value is -1.89. The zero-order chi connectivity index (χ0) is 20.0. The molecule has 2 aromatic rings. The summed E-state index contributed by atoms with van der Waals surface area (Å²) in [6.07, 6.45) is 10.9. The Balaban J connectivity index is 1.45. The van der Waals surface area contributed by atoms with E-state index in [2.05, 4.69) is 74.5 Å². The Morgan fingerprint density at radius 3 is 1.39 bits per heavy atom. The first-order valence-corrected chi connectivity index (χ1v) is 11.3. The van der Waals surface area contributed by atoms with Crippen molar-refractivity contribution in [1.82, 2.24) is 0 Å². The largest absolute Gasteiger partial charge is 0.300 e. The molecular weight excluding hydrogens is 340 g/mol. The van der Waals surface area contributed by atoms with E-state index < -0.39 is 0 Å². The summed E-state index contributed by atoms with van der Waals surface area (Å²) in [5, 5.41) is 0. The monoisotopic (exact) mass is 378 g/mol. The van der Waals surface area contributed by atoms with Crippen LogP contribution in [0.25, 0.3) is 0 Å². The summed E-state index contributed by atoms with van der Waals surface area (Å²) in [5.41, 5.74) is 2.86. The van der Waals surface area contributed by atoms with E-state index in [-0.39, 0.29) is 0 Å². The predicted molar refractivity (Wildman–Crippen MR) is 121 cm³/mol. The van der Waals surface area contributed by atoms with Crippen LogP contribution in [0.3, 0.4) is 0 Å². The molecule has 152 valence electrons. The van der Waals surface area contributed by atoms with E-state index in [1.54, 1.807) is 0 Å². The van der Waals surface area contributed by atoms with Crippen LogP contribution >= 0.6 is 0 Å². The number of ketones is 1. The van der Waals surface area contributed by atoms with Crippen molar-refractivity contribution in [2.75, 3.05) is 0 Å². The highest BCUT2D eigenvalue weighted by Gasteiger charge is 2.07. The van der Waals surface area contributed by atoms with Crippen LogP contribution in [-0.4, -0.2) is 5.78 Å². The molecule has 0 heterocycles. The number of carbonyl (C=O) groups is 1. The van der Waals surface area contributed by atoms with Gasteiger partial charge >= 0.3 is 0 Å². The molecule has 28 heavy (non-hydrogen) atoms. The molecule has 0 spiro atoms. The average molecular weight is 379 g/mol. The van der Waals surface area contributed by atoms with Gasteiger partial charge in [-0.05, 0) is 48.6 Å². The van der Waals surface area contributed by atoms with Crippen molar-refractivity contribution < 1.29 is 4.79 Å². The Bertz CT molecular complexity index is 589. The molecule has 0 fully saturated rings. The van der Waals surface area contributed by atoms with Gasteiger partial charge in [0.15, 0.2) is 0 Å². The first kappa shape index (κ1) is 22.4. The average Bonchev–Trinajstić information content (AvgIpc) is 2.74. The minimum atomic E-state index is 0.465. The number of rotatable bonds is 14. The summed E-state index contributed by atoms with van der Waals surface area (Å²) >= 11 is 0. The van der Waals surface area contributed by atoms with Gasteiger partial charge in [0.05, 0.1) is 0 Å². The van der Waals surface area contributed by atoms with E-state index in [1.807, 2.05) is 0 Å². The molecule has 2 unspecified atom stereocenters. The Morgan fingerprint density at radius 1 is 0.607 bits per heavy atom. The van der Waals surface area contributed by atoms with Crippen LogP contribution in [0.2, 0.25) is 0 Å². The lowest BCUT2D eigenvalue weighted by atomic mass is 9.94. The number of hydrogen-bond acceptors (Lipinski definition) is 1. The Morgan fingerprint density at radius 2 is 1.00 bits per heavy atom. The van der Waals surface area contributed by atoms with Crippen molar-refractivity contribution in [1.29, 1.82) is 0 Å². The lowest BCUT2D eigenvalue weighted by Gasteiger charge is -2.11. The van der Waals surface area contributed by atoms with Gasteiger partial charge in [0.1, 0.15) is 5.78 Å². The van der Waals surface area contributed by atoms with Crippen LogP contribution in [0.5, 0.6) is 0 Å². The van der Waals surface area contributed by atoms with Crippen LogP contribution in [0.1, 0.15) is 101 Å². The van der Waals surface area contributed by atoms with E-state index in [0.717, 1.165) is 25.7 Å². The number of unbranched alkanes of at least 4 members (excludes halogenated alkanes) is 4. The zero-order valence-electron chi connectivity index (χ0n) is 17.9. The van der Waals surface area contributed by atoms with Gasteiger partial charge in [0, 0.05) is 12.8 Å². The van der Waals surface area contributed by atoms with Gasteiger partial charge in [0.25, 0.3) is 0 Å². The minimum absolute atomic E-state index is 0.465. The molecule has 0 radical (unpaired) electrons. The maximum absolute atomic E-state index is 12.1. The summed E-state index contributed by atoms with van der Waals surface area (Å²) in [6, 6.07) is 21.5. The maximum Gasteiger partial charge on any atom is 0.132 e. The van der Waals surface area contributed by atoms with Gasteiger partial charge in [0.2, 0.25) is 0 Å². The number of hydrogen-bond donors (Lipinski definition) is 0. The molecule has 2 atom stereocenters. The van der Waals surface area contributed by atoms with Gasteiger partial charge in [-0.15, -0.1) is 0 Å². The second-order valence-corrected chi connectivity index (χ2v) is 8.36. The molecular formula is C27H38O. The standard InChI is InChI=1S/C27H38O/c1-23(25-17-9-5-10-18-25)15-7-3-13-21-27(28)22-14-4-8-16-24(2)26-19-11-6-12-20-26/h5-6,9-12,17-20,23-24H,3-4,7-8,13-16,21-22H2,1-2H3. The Kier molecular flexibility index (Phi) is 10.7.